The zero-order valence-electron chi connectivity index (χ0n) is 7.14. The van der Waals surface area contributed by atoms with E-state index in [0.717, 1.165) is 22.6 Å². The number of pyridine rings is 1. The summed E-state index contributed by atoms with van der Waals surface area (Å²) >= 11 is 0. The van der Waals surface area contributed by atoms with Crippen LogP contribution in [0.1, 0.15) is 17.0 Å². The van der Waals surface area contributed by atoms with Crippen LogP contribution < -0.4 is 5.32 Å². The number of aryl methyl sites for hydroxylation is 2. The Morgan fingerprint density at radius 2 is 2.25 bits per heavy atom. The van der Waals surface area contributed by atoms with E-state index in [2.05, 4.69) is 10.3 Å². The van der Waals surface area contributed by atoms with Gasteiger partial charge in [0.2, 0.25) is 5.91 Å². The van der Waals surface area contributed by atoms with Gasteiger partial charge in [-0.2, -0.15) is 0 Å². The van der Waals surface area contributed by atoms with E-state index in [4.69, 9.17) is 0 Å². The number of nitrogens with zero attached hydrogens (tertiary/aromatic N) is 1. The number of aromatic nitrogens is 1. The average molecular weight is 162 g/mol. The predicted octanol–water partition coefficient (Wildman–Crippen LogP) is 1.19. The highest BCUT2D eigenvalue weighted by atomic mass is 16.1. The lowest BCUT2D eigenvalue weighted by Crippen LogP contribution is -2.03. The van der Waals surface area contributed by atoms with E-state index in [9.17, 15) is 4.79 Å². The van der Waals surface area contributed by atoms with Gasteiger partial charge in [0, 0.05) is 22.6 Å². The van der Waals surface area contributed by atoms with Crippen molar-refractivity contribution in [3.8, 4) is 0 Å². The molecule has 0 bridgehead atoms. The molecule has 2 heterocycles. The number of carbonyl (C=O) groups is 1. The maximum absolute atomic E-state index is 11.0. The Hall–Kier alpha value is -1.38. The summed E-state index contributed by atoms with van der Waals surface area (Å²) in [5.41, 5.74) is 3.90. The van der Waals surface area contributed by atoms with Crippen LogP contribution in [0.25, 0.3) is 0 Å². The Labute approximate surface area is 70.8 Å². The SMILES string of the molecule is Cc1cc2c(c(C)n1)CC(=O)N2. The summed E-state index contributed by atoms with van der Waals surface area (Å²) in [7, 11) is 0. The molecule has 1 amide bonds. The van der Waals surface area contributed by atoms with E-state index in [1.54, 1.807) is 0 Å². The molecular weight excluding hydrogens is 152 g/mol. The van der Waals surface area contributed by atoms with E-state index in [0.29, 0.717) is 6.42 Å². The van der Waals surface area contributed by atoms with Crippen molar-refractivity contribution < 1.29 is 4.79 Å². The number of hydrogen-bond acceptors (Lipinski definition) is 2. The summed E-state index contributed by atoms with van der Waals surface area (Å²) in [6.45, 7) is 3.86. The Bertz CT molecular complexity index is 358. The lowest BCUT2D eigenvalue weighted by molar-refractivity contribution is -0.115. The highest BCUT2D eigenvalue weighted by Crippen LogP contribution is 2.25. The van der Waals surface area contributed by atoms with Gasteiger partial charge in [-0.3, -0.25) is 9.78 Å². The molecule has 0 unspecified atom stereocenters. The van der Waals surface area contributed by atoms with Crippen LogP contribution in [0.3, 0.4) is 0 Å². The minimum Gasteiger partial charge on any atom is -0.325 e. The summed E-state index contributed by atoms with van der Waals surface area (Å²) in [5, 5.41) is 2.80. The van der Waals surface area contributed by atoms with Gasteiger partial charge in [-0.1, -0.05) is 0 Å². The van der Waals surface area contributed by atoms with Crippen molar-refractivity contribution in [2.24, 2.45) is 0 Å². The predicted molar refractivity (Wildman–Crippen MR) is 46.0 cm³/mol. The first-order valence-electron chi connectivity index (χ1n) is 3.94. The second kappa shape index (κ2) is 2.30. The number of anilines is 1. The number of amides is 1. The van der Waals surface area contributed by atoms with Gasteiger partial charge in [-0.25, -0.2) is 0 Å². The first kappa shape index (κ1) is 7.28. The number of carbonyl (C=O) groups excluding carboxylic acids is 1. The normalized spacial score (nSPS) is 14.3. The highest BCUT2D eigenvalue weighted by Gasteiger charge is 2.19. The molecule has 1 N–H and O–H groups in total. The van der Waals surface area contributed by atoms with Gasteiger partial charge < -0.3 is 5.32 Å². The summed E-state index contributed by atoms with van der Waals surface area (Å²) in [6.07, 6.45) is 0.481. The minimum atomic E-state index is 0.0699. The van der Waals surface area contributed by atoms with Crippen LogP contribution in [0.15, 0.2) is 6.07 Å². The summed E-state index contributed by atoms with van der Waals surface area (Å²) in [4.78, 5) is 15.3. The molecule has 62 valence electrons. The first-order valence-corrected chi connectivity index (χ1v) is 3.94. The molecule has 2 rings (SSSR count). The molecule has 0 atom stereocenters. The van der Waals surface area contributed by atoms with Crippen LogP contribution in [0, 0.1) is 13.8 Å². The number of fused-ring (bicyclic) bond motifs is 1. The van der Waals surface area contributed by atoms with Crippen LogP contribution in [0.5, 0.6) is 0 Å². The Morgan fingerprint density at radius 3 is 3.00 bits per heavy atom. The maximum atomic E-state index is 11.0. The topological polar surface area (TPSA) is 42.0 Å². The highest BCUT2D eigenvalue weighted by molar-refractivity contribution is 5.99. The molecule has 3 heteroatoms. The second-order valence-corrected chi connectivity index (χ2v) is 3.10. The molecule has 1 aromatic heterocycles. The molecule has 0 saturated carbocycles. The molecule has 0 aliphatic carbocycles. The molecular formula is C9H10N2O. The number of nitrogens with one attached hydrogen (secondary N) is 1. The van der Waals surface area contributed by atoms with E-state index in [1.807, 2.05) is 19.9 Å². The third kappa shape index (κ3) is 0.978. The van der Waals surface area contributed by atoms with Gasteiger partial charge in [0.25, 0.3) is 0 Å². The van der Waals surface area contributed by atoms with Gasteiger partial charge >= 0.3 is 0 Å². The fraction of sp³-hybridized carbons (Fsp3) is 0.333. The molecule has 0 spiro atoms. The Morgan fingerprint density at radius 1 is 1.50 bits per heavy atom. The van der Waals surface area contributed by atoms with Crippen LogP contribution in [-0.2, 0) is 11.2 Å². The molecule has 0 saturated heterocycles. The van der Waals surface area contributed by atoms with Crippen molar-refractivity contribution >= 4 is 11.6 Å². The smallest absolute Gasteiger partial charge is 0.228 e. The first-order chi connectivity index (χ1) is 5.66. The van der Waals surface area contributed by atoms with Crippen molar-refractivity contribution in [2.75, 3.05) is 5.32 Å². The van der Waals surface area contributed by atoms with E-state index in [-0.39, 0.29) is 5.91 Å². The molecule has 3 nitrogen and oxygen atoms in total. The monoisotopic (exact) mass is 162 g/mol. The van der Waals surface area contributed by atoms with Gasteiger partial charge in [0.05, 0.1) is 6.42 Å². The lowest BCUT2D eigenvalue weighted by Gasteiger charge is -2.02. The lowest BCUT2D eigenvalue weighted by atomic mass is 10.1. The van der Waals surface area contributed by atoms with Crippen LogP contribution in [-0.4, -0.2) is 10.9 Å². The van der Waals surface area contributed by atoms with Crippen molar-refractivity contribution in [1.29, 1.82) is 0 Å². The van der Waals surface area contributed by atoms with Crippen molar-refractivity contribution in [1.82, 2.24) is 4.98 Å². The Balaban J connectivity index is 2.59. The van der Waals surface area contributed by atoms with Crippen molar-refractivity contribution in [2.45, 2.75) is 20.3 Å². The Kier molecular flexibility index (Phi) is 1.40. The third-order valence-corrected chi connectivity index (χ3v) is 2.07. The minimum absolute atomic E-state index is 0.0699. The molecule has 1 aromatic rings. The molecule has 0 aromatic carbocycles. The fourth-order valence-electron chi connectivity index (χ4n) is 1.54. The maximum Gasteiger partial charge on any atom is 0.228 e. The van der Waals surface area contributed by atoms with Gasteiger partial charge in [-0.15, -0.1) is 0 Å². The molecule has 12 heavy (non-hydrogen) atoms. The largest absolute Gasteiger partial charge is 0.325 e. The zero-order chi connectivity index (χ0) is 8.72. The quantitative estimate of drug-likeness (QED) is 0.622. The van der Waals surface area contributed by atoms with Crippen LogP contribution >= 0.6 is 0 Å². The fourth-order valence-corrected chi connectivity index (χ4v) is 1.54. The molecule has 1 aliphatic heterocycles. The standard InChI is InChI=1S/C9H10N2O/c1-5-3-8-7(6(2)10-5)4-9(12)11-8/h3H,4H2,1-2H3,(H,11,12). The van der Waals surface area contributed by atoms with Crippen molar-refractivity contribution in [3.05, 3.63) is 23.0 Å². The third-order valence-electron chi connectivity index (χ3n) is 2.07. The average Bonchev–Trinajstić information content (AvgIpc) is 2.29. The second-order valence-electron chi connectivity index (χ2n) is 3.10. The van der Waals surface area contributed by atoms with E-state index >= 15 is 0 Å². The van der Waals surface area contributed by atoms with Gasteiger partial charge in [-0.05, 0) is 19.9 Å². The summed E-state index contributed by atoms with van der Waals surface area (Å²) in [6, 6.07) is 1.91. The summed E-state index contributed by atoms with van der Waals surface area (Å²) in [5.74, 6) is 0.0699. The molecule has 0 radical (unpaired) electrons. The van der Waals surface area contributed by atoms with E-state index in [1.165, 1.54) is 0 Å². The molecule has 1 aliphatic rings. The summed E-state index contributed by atoms with van der Waals surface area (Å²) < 4.78 is 0. The van der Waals surface area contributed by atoms with Gasteiger partial charge in [0.15, 0.2) is 0 Å². The van der Waals surface area contributed by atoms with Crippen LogP contribution in [0.2, 0.25) is 0 Å². The zero-order valence-corrected chi connectivity index (χ0v) is 7.14. The van der Waals surface area contributed by atoms with E-state index < -0.39 is 0 Å². The number of rotatable bonds is 0. The number of hydrogen-bond donors (Lipinski definition) is 1. The van der Waals surface area contributed by atoms with Crippen LogP contribution in [0.4, 0.5) is 5.69 Å². The van der Waals surface area contributed by atoms with Crippen molar-refractivity contribution in [3.63, 3.8) is 0 Å². The van der Waals surface area contributed by atoms with Gasteiger partial charge in [0.1, 0.15) is 0 Å². The molecule has 0 fully saturated rings.